The molecular weight excluding hydrogens is 328 g/mol. The second-order valence-electron chi connectivity index (χ2n) is 6.26. The number of guanidine groups is 1. The van der Waals surface area contributed by atoms with Gasteiger partial charge in [-0.3, -0.25) is 4.68 Å². The molecule has 3 rings (SSSR count). The Bertz CT molecular complexity index is 703. The van der Waals surface area contributed by atoms with E-state index in [4.69, 9.17) is 4.74 Å². The van der Waals surface area contributed by atoms with Crippen LogP contribution in [-0.2, 0) is 24.9 Å². The van der Waals surface area contributed by atoms with Gasteiger partial charge in [0.1, 0.15) is 0 Å². The van der Waals surface area contributed by atoms with Crippen LogP contribution in [0.25, 0.3) is 0 Å². The number of anilines is 1. The lowest BCUT2D eigenvalue weighted by atomic mass is 10.2. The van der Waals surface area contributed by atoms with Crippen molar-refractivity contribution in [3.8, 4) is 0 Å². The van der Waals surface area contributed by atoms with Gasteiger partial charge in [0.15, 0.2) is 5.96 Å². The summed E-state index contributed by atoms with van der Waals surface area (Å²) in [6.45, 7) is 7.76. The van der Waals surface area contributed by atoms with Crippen molar-refractivity contribution in [2.24, 2.45) is 12.0 Å². The molecule has 1 aromatic heterocycles. The highest BCUT2D eigenvalue weighted by Crippen LogP contribution is 2.17. The first-order valence-electron chi connectivity index (χ1n) is 9.17. The third kappa shape index (κ3) is 4.98. The Hall–Kier alpha value is -2.54. The number of nitrogens with one attached hydrogen (secondary N) is 2. The van der Waals surface area contributed by atoms with Crippen LogP contribution in [0, 0.1) is 0 Å². The maximum Gasteiger partial charge on any atom is 0.191 e. The molecule has 1 saturated heterocycles. The molecule has 2 aromatic rings. The van der Waals surface area contributed by atoms with E-state index in [1.54, 1.807) is 6.20 Å². The molecule has 7 heteroatoms. The van der Waals surface area contributed by atoms with E-state index in [0.29, 0.717) is 13.1 Å². The molecule has 1 fully saturated rings. The van der Waals surface area contributed by atoms with Gasteiger partial charge in [-0.25, -0.2) is 4.99 Å². The molecule has 140 valence electrons. The monoisotopic (exact) mass is 356 g/mol. The van der Waals surface area contributed by atoms with Crippen molar-refractivity contribution in [2.75, 3.05) is 37.7 Å². The molecular formula is C19H28N6O. The van der Waals surface area contributed by atoms with Gasteiger partial charge < -0.3 is 20.3 Å². The molecule has 0 bridgehead atoms. The Labute approximate surface area is 155 Å². The first-order valence-corrected chi connectivity index (χ1v) is 9.17. The summed E-state index contributed by atoms with van der Waals surface area (Å²) >= 11 is 0. The van der Waals surface area contributed by atoms with E-state index in [-0.39, 0.29) is 0 Å². The zero-order valence-electron chi connectivity index (χ0n) is 15.6. The fourth-order valence-corrected chi connectivity index (χ4v) is 2.89. The van der Waals surface area contributed by atoms with Gasteiger partial charge >= 0.3 is 0 Å². The minimum absolute atomic E-state index is 0.643. The predicted octanol–water partition coefficient (Wildman–Crippen LogP) is 1.51. The lowest BCUT2D eigenvalue weighted by Crippen LogP contribution is -2.37. The molecule has 0 radical (unpaired) electrons. The summed E-state index contributed by atoms with van der Waals surface area (Å²) in [4.78, 5) is 7.04. The SMILES string of the molecule is CCNC(=NCc1ccc(N2CCOCC2)cc1)NCc1ccnn1C. The number of rotatable bonds is 6. The standard InChI is InChI=1S/C19H28N6O/c1-3-20-19(22-15-18-8-9-23-24(18)2)21-14-16-4-6-17(7-5-16)25-10-12-26-13-11-25/h4-9H,3,10-15H2,1-2H3,(H2,20,21,22). The molecule has 1 aromatic carbocycles. The molecule has 1 aliphatic heterocycles. The highest BCUT2D eigenvalue weighted by molar-refractivity contribution is 5.79. The summed E-state index contributed by atoms with van der Waals surface area (Å²) in [5, 5.41) is 10.8. The molecule has 0 saturated carbocycles. The summed E-state index contributed by atoms with van der Waals surface area (Å²) < 4.78 is 7.27. The predicted molar refractivity (Wildman–Crippen MR) is 104 cm³/mol. The molecule has 2 heterocycles. The van der Waals surface area contributed by atoms with Crippen molar-refractivity contribution < 1.29 is 4.74 Å². The van der Waals surface area contributed by atoms with Gasteiger partial charge in [0, 0.05) is 38.6 Å². The fraction of sp³-hybridized carbons (Fsp3) is 0.474. The molecule has 0 spiro atoms. The molecule has 26 heavy (non-hydrogen) atoms. The van der Waals surface area contributed by atoms with Gasteiger partial charge in [0.2, 0.25) is 0 Å². The Balaban J connectivity index is 1.57. The number of morpholine rings is 1. The van der Waals surface area contributed by atoms with Crippen molar-refractivity contribution in [1.29, 1.82) is 0 Å². The minimum atomic E-state index is 0.643. The number of aromatic nitrogens is 2. The number of hydrogen-bond donors (Lipinski definition) is 2. The molecule has 0 aliphatic carbocycles. The average Bonchev–Trinajstić information content (AvgIpc) is 3.10. The smallest absolute Gasteiger partial charge is 0.191 e. The van der Waals surface area contributed by atoms with E-state index >= 15 is 0 Å². The summed E-state index contributed by atoms with van der Waals surface area (Å²) in [5.41, 5.74) is 3.56. The number of aliphatic imine (C=N–C) groups is 1. The Morgan fingerprint density at radius 2 is 1.92 bits per heavy atom. The number of hydrogen-bond acceptors (Lipinski definition) is 4. The quantitative estimate of drug-likeness (QED) is 0.607. The van der Waals surface area contributed by atoms with Crippen molar-refractivity contribution >= 4 is 11.6 Å². The zero-order valence-corrected chi connectivity index (χ0v) is 15.6. The van der Waals surface area contributed by atoms with Gasteiger partial charge in [0.25, 0.3) is 0 Å². The maximum atomic E-state index is 5.41. The van der Waals surface area contributed by atoms with Crippen molar-refractivity contribution in [2.45, 2.75) is 20.0 Å². The van der Waals surface area contributed by atoms with Crippen LogP contribution >= 0.6 is 0 Å². The van der Waals surface area contributed by atoms with Crippen molar-refractivity contribution in [1.82, 2.24) is 20.4 Å². The van der Waals surface area contributed by atoms with Crippen LogP contribution in [0.5, 0.6) is 0 Å². The topological polar surface area (TPSA) is 66.7 Å². The largest absolute Gasteiger partial charge is 0.378 e. The van der Waals surface area contributed by atoms with E-state index in [1.807, 2.05) is 17.8 Å². The van der Waals surface area contributed by atoms with Crippen LogP contribution < -0.4 is 15.5 Å². The maximum absolute atomic E-state index is 5.41. The van der Waals surface area contributed by atoms with E-state index in [0.717, 1.165) is 44.5 Å². The third-order valence-electron chi connectivity index (χ3n) is 4.44. The normalized spacial score (nSPS) is 15.2. The fourth-order valence-electron chi connectivity index (χ4n) is 2.89. The van der Waals surface area contributed by atoms with E-state index in [2.05, 4.69) is 56.8 Å². The summed E-state index contributed by atoms with van der Waals surface area (Å²) in [6.07, 6.45) is 1.80. The second kappa shape index (κ2) is 9.24. The van der Waals surface area contributed by atoms with Crippen LogP contribution in [0.3, 0.4) is 0 Å². The molecule has 0 amide bonds. The first-order chi connectivity index (χ1) is 12.8. The first kappa shape index (κ1) is 18.3. The van der Waals surface area contributed by atoms with E-state index in [1.165, 1.54) is 11.3 Å². The second-order valence-corrected chi connectivity index (χ2v) is 6.26. The van der Waals surface area contributed by atoms with Crippen molar-refractivity contribution in [3.63, 3.8) is 0 Å². The molecule has 2 N–H and O–H groups in total. The molecule has 1 aliphatic rings. The molecule has 7 nitrogen and oxygen atoms in total. The van der Waals surface area contributed by atoms with Crippen LogP contribution in [0.15, 0.2) is 41.5 Å². The Morgan fingerprint density at radius 1 is 1.15 bits per heavy atom. The number of ether oxygens (including phenoxy) is 1. The Kier molecular flexibility index (Phi) is 6.49. The summed E-state index contributed by atoms with van der Waals surface area (Å²) in [7, 11) is 1.94. The summed E-state index contributed by atoms with van der Waals surface area (Å²) in [5.74, 6) is 0.811. The zero-order chi connectivity index (χ0) is 18.2. The molecule has 0 atom stereocenters. The minimum Gasteiger partial charge on any atom is -0.378 e. The lowest BCUT2D eigenvalue weighted by molar-refractivity contribution is 0.122. The average molecular weight is 356 g/mol. The van der Waals surface area contributed by atoms with Crippen molar-refractivity contribution in [3.05, 3.63) is 47.8 Å². The van der Waals surface area contributed by atoms with Gasteiger partial charge in [-0.05, 0) is 30.7 Å². The number of aryl methyl sites for hydroxylation is 1. The van der Waals surface area contributed by atoms with Crippen LogP contribution in [0.1, 0.15) is 18.2 Å². The lowest BCUT2D eigenvalue weighted by Gasteiger charge is -2.28. The van der Waals surface area contributed by atoms with Gasteiger partial charge in [-0.1, -0.05) is 12.1 Å². The third-order valence-corrected chi connectivity index (χ3v) is 4.44. The highest BCUT2D eigenvalue weighted by Gasteiger charge is 2.10. The van der Waals surface area contributed by atoms with Crippen LogP contribution in [-0.4, -0.2) is 48.6 Å². The van der Waals surface area contributed by atoms with E-state index < -0.39 is 0 Å². The van der Waals surface area contributed by atoms with Gasteiger partial charge in [-0.15, -0.1) is 0 Å². The van der Waals surface area contributed by atoms with Gasteiger partial charge in [0.05, 0.1) is 32.0 Å². The van der Waals surface area contributed by atoms with E-state index in [9.17, 15) is 0 Å². The highest BCUT2D eigenvalue weighted by atomic mass is 16.5. The van der Waals surface area contributed by atoms with Crippen LogP contribution in [0.2, 0.25) is 0 Å². The van der Waals surface area contributed by atoms with Gasteiger partial charge in [-0.2, -0.15) is 5.10 Å². The summed E-state index contributed by atoms with van der Waals surface area (Å²) in [6, 6.07) is 10.7. The number of nitrogens with zero attached hydrogens (tertiary/aromatic N) is 4. The Morgan fingerprint density at radius 3 is 2.58 bits per heavy atom. The van der Waals surface area contributed by atoms with Crippen LogP contribution in [0.4, 0.5) is 5.69 Å². The molecule has 0 unspecified atom stereocenters. The number of benzene rings is 1.